The minimum absolute atomic E-state index is 0.293. The van der Waals surface area contributed by atoms with E-state index in [-0.39, 0.29) is 0 Å². The standard InChI is InChI=1S/C21H24N2OS/c1-24-17-9-7-16(8-10-17)21(23-13-4-11-22-12-14-23)19-15-25-20-6-3-2-5-18(19)20/h2-3,5-10,15,21-22H,4,11-14H2,1H3. The number of nitrogens with zero attached hydrogens (tertiary/aromatic N) is 1. The molecule has 1 unspecified atom stereocenters. The van der Waals surface area contributed by atoms with E-state index in [2.05, 4.69) is 64.1 Å². The number of methoxy groups -OCH3 is 1. The van der Waals surface area contributed by atoms with Crippen LogP contribution in [0.4, 0.5) is 0 Å². The monoisotopic (exact) mass is 352 g/mol. The Morgan fingerprint density at radius 3 is 2.72 bits per heavy atom. The lowest BCUT2D eigenvalue weighted by Crippen LogP contribution is -2.32. The van der Waals surface area contributed by atoms with E-state index < -0.39 is 0 Å². The van der Waals surface area contributed by atoms with Gasteiger partial charge in [0.1, 0.15) is 5.75 Å². The van der Waals surface area contributed by atoms with Gasteiger partial charge in [-0.25, -0.2) is 0 Å². The predicted octanol–water partition coefficient (Wildman–Crippen LogP) is 4.29. The van der Waals surface area contributed by atoms with Crippen LogP contribution in [0.5, 0.6) is 5.75 Å². The second kappa shape index (κ2) is 7.56. The Bertz CT molecular complexity index is 819. The number of fused-ring (bicyclic) bond motifs is 1. The Morgan fingerprint density at radius 2 is 1.88 bits per heavy atom. The highest BCUT2D eigenvalue weighted by Gasteiger charge is 2.25. The molecule has 3 nitrogen and oxygen atoms in total. The SMILES string of the molecule is COc1ccc(C(c2csc3ccccc23)N2CCCNCC2)cc1. The van der Waals surface area contributed by atoms with Crippen molar-refractivity contribution in [1.29, 1.82) is 0 Å². The summed E-state index contributed by atoms with van der Waals surface area (Å²) in [6.07, 6.45) is 1.19. The second-order valence-electron chi connectivity index (χ2n) is 6.50. The summed E-state index contributed by atoms with van der Waals surface area (Å²) >= 11 is 1.85. The van der Waals surface area contributed by atoms with Crippen molar-refractivity contribution in [2.24, 2.45) is 0 Å². The van der Waals surface area contributed by atoms with Crippen LogP contribution in [0, 0.1) is 0 Å². The van der Waals surface area contributed by atoms with Crippen molar-refractivity contribution in [3.63, 3.8) is 0 Å². The van der Waals surface area contributed by atoms with Gasteiger partial charge in [0, 0.05) is 24.3 Å². The Balaban J connectivity index is 1.79. The average molecular weight is 353 g/mol. The first-order valence-electron chi connectivity index (χ1n) is 8.91. The average Bonchev–Trinajstić information content (AvgIpc) is 2.90. The first kappa shape index (κ1) is 16.6. The maximum absolute atomic E-state index is 5.35. The maximum atomic E-state index is 5.35. The molecule has 2 aromatic carbocycles. The molecule has 2 heterocycles. The third kappa shape index (κ3) is 3.43. The van der Waals surface area contributed by atoms with Crippen LogP contribution in [0.25, 0.3) is 10.1 Å². The van der Waals surface area contributed by atoms with Crippen LogP contribution in [-0.4, -0.2) is 38.2 Å². The molecule has 0 radical (unpaired) electrons. The van der Waals surface area contributed by atoms with Crippen molar-refractivity contribution in [2.75, 3.05) is 33.3 Å². The van der Waals surface area contributed by atoms with Gasteiger partial charge in [-0.15, -0.1) is 11.3 Å². The number of ether oxygens (including phenoxy) is 1. The van der Waals surface area contributed by atoms with Crippen molar-refractivity contribution >= 4 is 21.4 Å². The zero-order valence-electron chi connectivity index (χ0n) is 14.6. The Labute approximate surface area is 153 Å². The van der Waals surface area contributed by atoms with E-state index in [1.807, 2.05) is 11.3 Å². The maximum Gasteiger partial charge on any atom is 0.118 e. The van der Waals surface area contributed by atoms with Gasteiger partial charge in [-0.2, -0.15) is 0 Å². The predicted molar refractivity (Wildman–Crippen MR) is 106 cm³/mol. The van der Waals surface area contributed by atoms with Crippen LogP contribution in [0.2, 0.25) is 0 Å². The van der Waals surface area contributed by atoms with Gasteiger partial charge in [0.05, 0.1) is 13.2 Å². The molecule has 1 N–H and O–H groups in total. The lowest BCUT2D eigenvalue weighted by Gasteiger charge is -2.31. The third-order valence-corrected chi connectivity index (χ3v) is 5.96. The van der Waals surface area contributed by atoms with E-state index in [1.54, 1.807) is 7.11 Å². The number of nitrogens with one attached hydrogen (secondary N) is 1. The summed E-state index contributed by atoms with van der Waals surface area (Å²) in [6, 6.07) is 17.6. The van der Waals surface area contributed by atoms with E-state index in [4.69, 9.17) is 4.74 Å². The first-order chi connectivity index (χ1) is 12.4. The van der Waals surface area contributed by atoms with Gasteiger partial charge in [0.25, 0.3) is 0 Å². The molecule has 0 saturated carbocycles. The number of hydrogen-bond acceptors (Lipinski definition) is 4. The fourth-order valence-corrected chi connectivity index (χ4v) is 4.69. The normalized spacial score (nSPS) is 17.3. The molecular formula is C21H24N2OS. The molecule has 130 valence electrons. The fourth-order valence-electron chi connectivity index (χ4n) is 3.71. The van der Waals surface area contributed by atoms with Crippen molar-refractivity contribution in [3.05, 3.63) is 65.0 Å². The summed E-state index contributed by atoms with van der Waals surface area (Å²) in [6.45, 7) is 4.35. The molecule has 1 fully saturated rings. The van der Waals surface area contributed by atoms with Gasteiger partial charge in [-0.1, -0.05) is 30.3 Å². The molecule has 0 spiro atoms. The molecule has 1 saturated heterocycles. The van der Waals surface area contributed by atoms with E-state index >= 15 is 0 Å². The Kier molecular flexibility index (Phi) is 5.02. The van der Waals surface area contributed by atoms with E-state index in [1.165, 1.54) is 27.6 Å². The summed E-state index contributed by atoms with van der Waals surface area (Å²) in [4.78, 5) is 2.62. The quantitative estimate of drug-likeness (QED) is 0.758. The minimum atomic E-state index is 0.293. The number of hydrogen-bond donors (Lipinski definition) is 1. The van der Waals surface area contributed by atoms with Gasteiger partial charge < -0.3 is 10.1 Å². The molecule has 4 heteroatoms. The molecule has 3 aromatic rings. The van der Waals surface area contributed by atoms with Crippen LogP contribution in [0.1, 0.15) is 23.6 Å². The van der Waals surface area contributed by atoms with Crippen molar-refractivity contribution in [2.45, 2.75) is 12.5 Å². The highest BCUT2D eigenvalue weighted by Crippen LogP contribution is 2.37. The molecule has 0 bridgehead atoms. The lowest BCUT2D eigenvalue weighted by molar-refractivity contribution is 0.242. The van der Waals surface area contributed by atoms with Gasteiger partial charge in [-0.05, 0) is 53.1 Å². The minimum Gasteiger partial charge on any atom is -0.497 e. The number of benzene rings is 2. The molecule has 4 rings (SSSR count). The largest absolute Gasteiger partial charge is 0.497 e. The summed E-state index contributed by atoms with van der Waals surface area (Å²) < 4.78 is 6.72. The molecular weight excluding hydrogens is 328 g/mol. The summed E-state index contributed by atoms with van der Waals surface area (Å²) in [5, 5.41) is 7.25. The number of thiophene rings is 1. The smallest absolute Gasteiger partial charge is 0.118 e. The molecule has 0 amide bonds. The third-order valence-electron chi connectivity index (χ3n) is 4.98. The lowest BCUT2D eigenvalue weighted by atomic mass is 9.96. The van der Waals surface area contributed by atoms with Crippen molar-refractivity contribution in [1.82, 2.24) is 10.2 Å². The van der Waals surface area contributed by atoms with E-state index in [0.29, 0.717) is 6.04 Å². The zero-order valence-corrected chi connectivity index (χ0v) is 15.4. The number of rotatable bonds is 4. The van der Waals surface area contributed by atoms with Crippen molar-refractivity contribution in [3.8, 4) is 5.75 Å². The van der Waals surface area contributed by atoms with Crippen molar-refractivity contribution < 1.29 is 4.74 Å². The molecule has 1 atom stereocenters. The van der Waals surface area contributed by atoms with Gasteiger partial charge >= 0.3 is 0 Å². The summed E-state index contributed by atoms with van der Waals surface area (Å²) in [5.74, 6) is 0.912. The van der Waals surface area contributed by atoms with E-state index in [9.17, 15) is 0 Å². The zero-order chi connectivity index (χ0) is 17.1. The Morgan fingerprint density at radius 1 is 1.04 bits per heavy atom. The highest BCUT2D eigenvalue weighted by atomic mass is 32.1. The van der Waals surface area contributed by atoms with Crippen LogP contribution < -0.4 is 10.1 Å². The molecule has 1 aliphatic rings. The van der Waals surface area contributed by atoms with Crippen LogP contribution in [0.15, 0.2) is 53.9 Å². The van der Waals surface area contributed by atoms with Gasteiger partial charge in [0.2, 0.25) is 0 Å². The molecule has 0 aliphatic carbocycles. The first-order valence-corrected chi connectivity index (χ1v) is 9.79. The Hall–Kier alpha value is -1.88. The molecule has 25 heavy (non-hydrogen) atoms. The topological polar surface area (TPSA) is 24.5 Å². The fraction of sp³-hybridized carbons (Fsp3) is 0.333. The van der Waals surface area contributed by atoms with Gasteiger partial charge in [-0.3, -0.25) is 4.90 Å². The summed E-state index contributed by atoms with van der Waals surface area (Å²) in [5.41, 5.74) is 2.76. The molecule has 1 aliphatic heterocycles. The summed E-state index contributed by atoms with van der Waals surface area (Å²) in [7, 11) is 1.72. The van der Waals surface area contributed by atoms with E-state index in [0.717, 1.165) is 31.9 Å². The van der Waals surface area contributed by atoms with Crippen LogP contribution in [0.3, 0.4) is 0 Å². The van der Waals surface area contributed by atoms with Crippen LogP contribution in [-0.2, 0) is 0 Å². The highest BCUT2D eigenvalue weighted by molar-refractivity contribution is 7.17. The van der Waals surface area contributed by atoms with Gasteiger partial charge in [0.15, 0.2) is 0 Å². The second-order valence-corrected chi connectivity index (χ2v) is 7.41. The van der Waals surface area contributed by atoms with Crippen LogP contribution >= 0.6 is 11.3 Å². The molecule has 1 aromatic heterocycles.